The lowest BCUT2D eigenvalue weighted by Gasteiger charge is -2.19. The van der Waals surface area contributed by atoms with E-state index in [1.807, 2.05) is 133 Å². The first-order valence-electron chi connectivity index (χ1n) is 24.2. The van der Waals surface area contributed by atoms with Crippen LogP contribution in [0.1, 0.15) is 11.0 Å². The van der Waals surface area contributed by atoms with Crippen molar-refractivity contribution in [1.82, 2.24) is 19.5 Å². The average molecular weight is 801 g/mol. The van der Waals surface area contributed by atoms with Gasteiger partial charge in [0.1, 0.15) is 11.2 Å². The molecule has 12 aromatic rings. The zero-order chi connectivity index (χ0) is 47.9. The van der Waals surface area contributed by atoms with Crippen LogP contribution in [0.5, 0.6) is 0 Å². The molecule has 290 valence electrons. The van der Waals surface area contributed by atoms with Crippen molar-refractivity contribution in [2.24, 2.45) is 0 Å². The summed E-state index contributed by atoms with van der Waals surface area (Å²) in [5.74, 6) is 0.892. The normalized spacial score (nSPS) is 13.4. The molecule has 0 spiro atoms. The van der Waals surface area contributed by atoms with Gasteiger partial charge >= 0.3 is 0 Å². The fourth-order valence-electron chi connectivity index (χ4n) is 8.38. The number of nitrogens with zero attached hydrogens (tertiary/aromatic N) is 4. The van der Waals surface area contributed by atoms with Crippen LogP contribution in [0.3, 0.4) is 0 Å². The van der Waals surface area contributed by atoms with Crippen LogP contribution < -0.4 is 0 Å². The first-order valence-corrected chi connectivity index (χ1v) is 20.2. The first-order chi connectivity index (χ1) is 34.0. The Hall–Kier alpha value is -8.41. The molecule has 3 aromatic heterocycles. The Balaban J connectivity index is 1.15. The predicted molar refractivity (Wildman–Crippen MR) is 254 cm³/mol. The second kappa shape index (κ2) is 14.7. The van der Waals surface area contributed by atoms with Crippen LogP contribution in [-0.4, -0.2) is 19.5 Å². The minimum atomic E-state index is -0.527. The topological polar surface area (TPSA) is 56.7 Å². The highest BCUT2D eigenvalue weighted by atomic mass is 16.3. The van der Waals surface area contributed by atoms with Gasteiger partial charge in [0, 0.05) is 43.8 Å². The third-order valence-electron chi connectivity index (χ3n) is 11.4. The van der Waals surface area contributed by atoms with Crippen LogP contribution >= 0.6 is 0 Å². The Bertz CT molecular complexity index is 4010. The molecule has 0 fully saturated rings. The summed E-state index contributed by atoms with van der Waals surface area (Å²) in [5, 5.41) is 1.83. The van der Waals surface area contributed by atoms with Crippen LogP contribution in [0.15, 0.2) is 223 Å². The number of para-hydroxylation sites is 4. The molecule has 12 rings (SSSR count). The highest BCUT2D eigenvalue weighted by molar-refractivity contribution is 6.10. The van der Waals surface area contributed by atoms with Crippen molar-refractivity contribution in [2.45, 2.75) is 0 Å². The average Bonchev–Trinajstić information content (AvgIpc) is 3.97. The number of hydrogen-bond donors (Lipinski definition) is 0. The summed E-state index contributed by atoms with van der Waals surface area (Å²) in [7, 11) is 0. The molecule has 5 heteroatoms. The van der Waals surface area contributed by atoms with E-state index in [0.717, 1.165) is 38.6 Å². The number of rotatable bonds is 7. The van der Waals surface area contributed by atoms with Crippen LogP contribution in [0.2, 0.25) is 0 Å². The third-order valence-corrected chi connectivity index (χ3v) is 11.4. The van der Waals surface area contributed by atoms with E-state index in [-0.39, 0.29) is 27.6 Å². The van der Waals surface area contributed by atoms with E-state index in [1.54, 1.807) is 4.57 Å². The number of furan rings is 1. The summed E-state index contributed by atoms with van der Waals surface area (Å²) in [6, 6.07) is 51.4. The summed E-state index contributed by atoms with van der Waals surface area (Å²) in [6.07, 6.45) is 0. The van der Waals surface area contributed by atoms with Gasteiger partial charge in [-0.25, -0.2) is 15.0 Å². The Morgan fingerprint density at radius 2 is 0.839 bits per heavy atom. The highest BCUT2D eigenvalue weighted by Gasteiger charge is 2.23. The summed E-state index contributed by atoms with van der Waals surface area (Å²) in [4.78, 5) is 15.3. The molecule has 0 saturated heterocycles. The van der Waals surface area contributed by atoms with E-state index in [1.165, 1.54) is 0 Å². The van der Waals surface area contributed by atoms with Crippen LogP contribution in [0.4, 0.5) is 0 Å². The molecule has 0 N–H and O–H groups in total. The van der Waals surface area contributed by atoms with Gasteiger partial charge in [-0.05, 0) is 64.2 Å². The fraction of sp³-hybridized carbons (Fsp3) is 0. The van der Waals surface area contributed by atoms with Gasteiger partial charge in [0.2, 0.25) is 0 Å². The lowest BCUT2D eigenvalue weighted by molar-refractivity contribution is 0.669. The quantitative estimate of drug-likeness (QED) is 0.161. The van der Waals surface area contributed by atoms with Crippen molar-refractivity contribution in [3.05, 3.63) is 218 Å². The zero-order valence-electron chi connectivity index (χ0n) is 40.9. The van der Waals surface area contributed by atoms with Gasteiger partial charge < -0.3 is 8.98 Å². The molecule has 9 aromatic carbocycles. The summed E-state index contributed by atoms with van der Waals surface area (Å²) < 4.78 is 80.5. The van der Waals surface area contributed by atoms with Gasteiger partial charge in [-0.3, -0.25) is 0 Å². The standard InChI is InChI=1S/C57H36N4O/c1-3-14-37(15-4-1)38-26-28-39(29-27-38)40-30-32-41(33-31-40)44-21-13-22-49(54(44)61-50-23-10-7-18-45(50)46-19-8-11-24-51(46)61)57-59-55(42-16-5-2-6-17-42)58-56(60-57)43-34-35-48-47-20-9-12-25-52(47)62-53(48)36-43/h1-36H/i7D,8D,10D,11D,18D,19D,23D,24D. The Labute approximate surface area is 369 Å². The zero-order valence-corrected chi connectivity index (χ0v) is 32.9. The Morgan fingerprint density at radius 1 is 0.355 bits per heavy atom. The number of hydrogen-bond acceptors (Lipinski definition) is 4. The van der Waals surface area contributed by atoms with Gasteiger partial charge in [-0.1, -0.05) is 182 Å². The van der Waals surface area contributed by atoms with Crippen molar-refractivity contribution in [2.75, 3.05) is 0 Å². The van der Waals surface area contributed by atoms with Gasteiger partial charge in [0.25, 0.3) is 0 Å². The smallest absolute Gasteiger partial charge is 0.166 e. The van der Waals surface area contributed by atoms with Gasteiger partial charge in [-0.2, -0.15) is 0 Å². The second-order valence-electron chi connectivity index (χ2n) is 15.0. The molecule has 0 aliphatic carbocycles. The SMILES string of the molecule is [2H]c1c([2H])c([2H])c2c(c1[2H])c1c([2H])c([2H])c([2H])c([2H])c1n2-c1c(-c2ccc(-c3ccc(-c4ccccc4)cc3)cc2)cccc1-c1nc(-c2ccccc2)nc(-c2ccc3c(c2)oc2ccccc23)n1. The molecule has 0 aliphatic rings. The molecule has 0 bridgehead atoms. The van der Waals surface area contributed by atoms with Crippen molar-refractivity contribution < 1.29 is 15.4 Å². The van der Waals surface area contributed by atoms with E-state index >= 15 is 0 Å². The predicted octanol–water partition coefficient (Wildman–Crippen LogP) is 14.9. The largest absolute Gasteiger partial charge is 0.456 e. The number of aromatic nitrogens is 4. The molecule has 5 nitrogen and oxygen atoms in total. The second-order valence-corrected chi connectivity index (χ2v) is 15.0. The van der Waals surface area contributed by atoms with E-state index in [2.05, 4.69) is 36.4 Å². The first kappa shape index (κ1) is 28.1. The monoisotopic (exact) mass is 800 g/mol. The van der Waals surface area contributed by atoms with Crippen LogP contribution in [-0.2, 0) is 0 Å². The lowest BCUT2D eigenvalue weighted by Crippen LogP contribution is -2.05. The molecular weight excluding hydrogens is 757 g/mol. The van der Waals surface area contributed by atoms with Crippen molar-refractivity contribution in [3.8, 4) is 73.2 Å². The maximum atomic E-state index is 9.46. The van der Waals surface area contributed by atoms with Crippen molar-refractivity contribution in [3.63, 3.8) is 0 Å². The summed E-state index contributed by atoms with van der Waals surface area (Å²) >= 11 is 0. The molecule has 0 atom stereocenters. The van der Waals surface area contributed by atoms with E-state index in [0.29, 0.717) is 50.7 Å². The maximum absolute atomic E-state index is 9.46. The Morgan fingerprint density at radius 3 is 1.50 bits per heavy atom. The third kappa shape index (κ3) is 6.06. The van der Waals surface area contributed by atoms with Gasteiger partial charge in [0.05, 0.1) is 27.7 Å². The number of benzene rings is 9. The molecule has 3 heterocycles. The molecule has 0 radical (unpaired) electrons. The molecule has 0 amide bonds. The minimum Gasteiger partial charge on any atom is -0.456 e. The van der Waals surface area contributed by atoms with E-state index in [9.17, 15) is 5.48 Å². The Kier molecular flexibility index (Phi) is 6.67. The van der Waals surface area contributed by atoms with Gasteiger partial charge in [-0.15, -0.1) is 0 Å². The fourth-order valence-corrected chi connectivity index (χ4v) is 8.38. The van der Waals surface area contributed by atoms with Gasteiger partial charge in [0.15, 0.2) is 17.5 Å². The molecule has 62 heavy (non-hydrogen) atoms. The highest BCUT2D eigenvalue weighted by Crippen LogP contribution is 2.42. The minimum absolute atomic E-state index is 0.0234. The van der Waals surface area contributed by atoms with E-state index < -0.39 is 48.3 Å². The molecule has 0 unspecified atom stereocenters. The lowest BCUT2D eigenvalue weighted by atomic mass is 9.95. The summed E-state index contributed by atoms with van der Waals surface area (Å²) in [5.41, 5.74) is 8.90. The molecule has 0 saturated carbocycles. The molecular formula is C57H36N4O. The number of fused-ring (bicyclic) bond motifs is 6. The maximum Gasteiger partial charge on any atom is 0.166 e. The van der Waals surface area contributed by atoms with Crippen molar-refractivity contribution in [1.29, 1.82) is 0 Å². The van der Waals surface area contributed by atoms with Crippen LogP contribution in [0.25, 0.3) is 117 Å². The van der Waals surface area contributed by atoms with Crippen LogP contribution in [0, 0.1) is 0 Å². The molecule has 0 aliphatic heterocycles. The van der Waals surface area contributed by atoms with E-state index in [4.69, 9.17) is 24.9 Å². The summed E-state index contributed by atoms with van der Waals surface area (Å²) in [6.45, 7) is 0. The van der Waals surface area contributed by atoms with Crippen molar-refractivity contribution >= 4 is 43.7 Å².